The standard InChI is InChI=1S/C8H10ClF3N2O2S/c1-5(2)7-13-6(17(9,15)16)3-14(7)4-8(10,11)12/h3,5H,4H2,1-2H3. The molecule has 0 spiro atoms. The second-order valence-corrected chi connectivity index (χ2v) is 6.29. The molecular weight excluding hydrogens is 281 g/mol. The van der Waals surface area contributed by atoms with Crippen molar-refractivity contribution in [3.63, 3.8) is 0 Å². The highest BCUT2D eigenvalue weighted by Crippen LogP contribution is 2.24. The van der Waals surface area contributed by atoms with Crippen LogP contribution in [0.3, 0.4) is 0 Å². The van der Waals surface area contributed by atoms with Gasteiger partial charge in [-0.3, -0.25) is 0 Å². The smallest absolute Gasteiger partial charge is 0.324 e. The Morgan fingerprint density at radius 1 is 1.47 bits per heavy atom. The second-order valence-electron chi connectivity index (χ2n) is 3.77. The number of hydrogen-bond donors (Lipinski definition) is 0. The van der Waals surface area contributed by atoms with Crippen LogP contribution in [0, 0.1) is 0 Å². The Hall–Kier alpha value is -0.760. The number of aromatic nitrogens is 2. The molecule has 0 saturated carbocycles. The van der Waals surface area contributed by atoms with E-state index in [2.05, 4.69) is 4.98 Å². The third kappa shape index (κ3) is 3.88. The molecule has 4 nitrogen and oxygen atoms in total. The van der Waals surface area contributed by atoms with E-state index in [9.17, 15) is 21.6 Å². The van der Waals surface area contributed by atoms with E-state index < -0.39 is 26.8 Å². The first-order valence-electron chi connectivity index (χ1n) is 4.59. The van der Waals surface area contributed by atoms with E-state index in [1.165, 1.54) is 0 Å². The quantitative estimate of drug-likeness (QED) is 0.804. The Bertz CT molecular complexity index is 507. The largest absolute Gasteiger partial charge is 0.406 e. The van der Waals surface area contributed by atoms with Crippen molar-refractivity contribution in [3.05, 3.63) is 12.0 Å². The molecule has 0 aliphatic carbocycles. The Kier molecular flexibility index (Phi) is 3.78. The highest BCUT2D eigenvalue weighted by atomic mass is 35.7. The lowest BCUT2D eigenvalue weighted by molar-refractivity contribution is -0.141. The highest BCUT2D eigenvalue weighted by Gasteiger charge is 2.31. The molecule has 1 aromatic heterocycles. The number of alkyl halides is 3. The van der Waals surface area contributed by atoms with Crippen LogP contribution in [-0.2, 0) is 15.6 Å². The Balaban J connectivity index is 3.24. The zero-order chi connectivity index (χ0) is 13.4. The summed E-state index contributed by atoms with van der Waals surface area (Å²) in [4.78, 5) is 3.61. The Morgan fingerprint density at radius 3 is 2.35 bits per heavy atom. The van der Waals surface area contributed by atoms with Crippen LogP contribution in [0.2, 0.25) is 0 Å². The molecule has 0 atom stereocenters. The van der Waals surface area contributed by atoms with E-state index in [-0.39, 0.29) is 11.7 Å². The van der Waals surface area contributed by atoms with Crippen molar-refractivity contribution in [3.8, 4) is 0 Å². The third-order valence-corrected chi connectivity index (χ3v) is 3.07. The predicted molar refractivity (Wildman–Crippen MR) is 55.4 cm³/mol. The van der Waals surface area contributed by atoms with Crippen LogP contribution in [0.1, 0.15) is 25.6 Å². The fourth-order valence-electron chi connectivity index (χ4n) is 1.30. The molecule has 0 bridgehead atoms. The van der Waals surface area contributed by atoms with Crippen molar-refractivity contribution >= 4 is 19.7 Å². The Labute approximate surface area is 101 Å². The molecule has 0 amide bonds. The molecule has 0 aliphatic heterocycles. The van der Waals surface area contributed by atoms with Gasteiger partial charge in [0.15, 0.2) is 5.03 Å². The van der Waals surface area contributed by atoms with Gasteiger partial charge < -0.3 is 4.57 Å². The minimum absolute atomic E-state index is 0.0292. The zero-order valence-corrected chi connectivity index (χ0v) is 10.6. The molecule has 1 rings (SSSR count). The SMILES string of the molecule is CC(C)c1nc(S(=O)(=O)Cl)cn1CC(F)(F)F. The summed E-state index contributed by atoms with van der Waals surface area (Å²) < 4.78 is 59.5. The molecule has 98 valence electrons. The predicted octanol–water partition coefficient (Wildman–Crippen LogP) is 2.50. The normalized spacial score (nSPS) is 13.4. The van der Waals surface area contributed by atoms with Gasteiger partial charge >= 0.3 is 6.18 Å². The first-order valence-corrected chi connectivity index (χ1v) is 6.90. The maximum Gasteiger partial charge on any atom is 0.406 e. The number of imidazole rings is 1. The average Bonchev–Trinajstić information content (AvgIpc) is 2.43. The van der Waals surface area contributed by atoms with Crippen LogP contribution in [-0.4, -0.2) is 24.1 Å². The van der Waals surface area contributed by atoms with Crippen molar-refractivity contribution in [2.45, 2.75) is 37.5 Å². The maximum absolute atomic E-state index is 12.3. The van der Waals surface area contributed by atoms with E-state index in [4.69, 9.17) is 10.7 Å². The third-order valence-electron chi connectivity index (χ3n) is 1.90. The van der Waals surface area contributed by atoms with Crippen LogP contribution in [0.25, 0.3) is 0 Å². The van der Waals surface area contributed by atoms with Gasteiger partial charge in [-0.15, -0.1) is 0 Å². The van der Waals surface area contributed by atoms with E-state index in [0.717, 1.165) is 10.8 Å². The van der Waals surface area contributed by atoms with Gasteiger partial charge in [0.2, 0.25) is 0 Å². The fourth-order valence-corrected chi connectivity index (χ4v) is 1.98. The second kappa shape index (κ2) is 4.49. The van der Waals surface area contributed by atoms with Crippen molar-refractivity contribution in [1.29, 1.82) is 0 Å². The number of nitrogens with zero attached hydrogens (tertiary/aromatic N) is 2. The monoisotopic (exact) mass is 290 g/mol. The van der Waals surface area contributed by atoms with Crippen molar-refractivity contribution in [2.24, 2.45) is 0 Å². The summed E-state index contributed by atoms with van der Waals surface area (Å²) in [5.41, 5.74) is 0. The molecule has 0 radical (unpaired) electrons. The van der Waals surface area contributed by atoms with E-state index >= 15 is 0 Å². The minimum Gasteiger partial charge on any atom is -0.324 e. The number of hydrogen-bond acceptors (Lipinski definition) is 3. The maximum atomic E-state index is 12.3. The average molecular weight is 291 g/mol. The Morgan fingerprint density at radius 2 is 2.00 bits per heavy atom. The number of halogens is 4. The lowest BCUT2D eigenvalue weighted by atomic mass is 10.2. The van der Waals surface area contributed by atoms with Crippen molar-refractivity contribution in [1.82, 2.24) is 9.55 Å². The van der Waals surface area contributed by atoms with Gasteiger partial charge in [0.1, 0.15) is 12.4 Å². The molecule has 17 heavy (non-hydrogen) atoms. The first-order chi connectivity index (χ1) is 7.50. The van der Waals surface area contributed by atoms with Crippen LogP contribution < -0.4 is 0 Å². The van der Waals surface area contributed by atoms with E-state index in [0.29, 0.717) is 0 Å². The molecule has 9 heteroatoms. The molecule has 1 heterocycles. The summed E-state index contributed by atoms with van der Waals surface area (Å²) in [5.74, 6) is -0.314. The molecule has 1 aromatic rings. The van der Waals surface area contributed by atoms with Crippen molar-refractivity contribution < 1.29 is 21.6 Å². The summed E-state index contributed by atoms with van der Waals surface area (Å²) in [5, 5.41) is -0.563. The van der Waals surface area contributed by atoms with Gasteiger partial charge in [-0.25, -0.2) is 13.4 Å². The van der Waals surface area contributed by atoms with E-state index in [1.807, 2.05) is 0 Å². The lowest BCUT2D eigenvalue weighted by Crippen LogP contribution is -2.19. The number of rotatable bonds is 3. The minimum atomic E-state index is -4.45. The van der Waals surface area contributed by atoms with Crippen LogP contribution >= 0.6 is 10.7 Å². The summed E-state index contributed by atoms with van der Waals surface area (Å²) in [6.45, 7) is 1.93. The molecule has 0 fully saturated rings. The van der Waals surface area contributed by atoms with Crippen LogP contribution in [0.15, 0.2) is 11.2 Å². The van der Waals surface area contributed by atoms with Gasteiger partial charge in [-0.05, 0) is 0 Å². The summed E-state index contributed by atoms with van der Waals surface area (Å²) in [6.07, 6.45) is -3.65. The summed E-state index contributed by atoms with van der Waals surface area (Å²) in [7, 11) is 0.914. The van der Waals surface area contributed by atoms with Crippen LogP contribution in [0.4, 0.5) is 13.2 Å². The lowest BCUT2D eigenvalue weighted by Gasteiger charge is -2.11. The molecule has 0 aromatic carbocycles. The van der Waals surface area contributed by atoms with Gasteiger partial charge in [0.05, 0.1) is 0 Å². The van der Waals surface area contributed by atoms with E-state index in [1.54, 1.807) is 13.8 Å². The molecule has 0 saturated heterocycles. The first kappa shape index (κ1) is 14.3. The fraction of sp³-hybridized carbons (Fsp3) is 0.625. The zero-order valence-electron chi connectivity index (χ0n) is 8.99. The molecule has 0 aliphatic rings. The summed E-state index contributed by atoms with van der Waals surface area (Å²) in [6, 6.07) is 0. The molecular formula is C8H10ClF3N2O2S. The van der Waals surface area contributed by atoms with Gasteiger partial charge in [-0.1, -0.05) is 13.8 Å². The van der Waals surface area contributed by atoms with Crippen molar-refractivity contribution in [2.75, 3.05) is 0 Å². The van der Waals surface area contributed by atoms with Gasteiger partial charge in [0, 0.05) is 22.8 Å². The molecule has 0 unspecified atom stereocenters. The molecule has 0 N–H and O–H groups in total. The topological polar surface area (TPSA) is 52.0 Å². The highest BCUT2D eigenvalue weighted by molar-refractivity contribution is 8.13. The summed E-state index contributed by atoms with van der Waals surface area (Å²) >= 11 is 0. The van der Waals surface area contributed by atoms with Gasteiger partial charge in [0.25, 0.3) is 9.05 Å². The van der Waals surface area contributed by atoms with Gasteiger partial charge in [-0.2, -0.15) is 13.2 Å². The van der Waals surface area contributed by atoms with Crippen LogP contribution in [0.5, 0.6) is 0 Å².